The van der Waals surface area contributed by atoms with Crippen molar-refractivity contribution in [1.29, 1.82) is 0 Å². The van der Waals surface area contributed by atoms with E-state index in [0.29, 0.717) is 37.3 Å². The van der Waals surface area contributed by atoms with Crippen LogP contribution >= 0.6 is 0 Å². The topological polar surface area (TPSA) is 55.9 Å². The highest BCUT2D eigenvalue weighted by molar-refractivity contribution is 5.83. The summed E-state index contributed by atoms with van der Waals surface area (Å²) >= 11 is 0. The SMILES string of the molecule is O=C(C1CC1(F)F)N1CCC(N2CCC(N3C(=O)N[C@H]4CCCC[C@@H]43)CC2)CC1. The van der Waals surface area contributed by atoms with Gasteiger partial charge in [-0.2, -0.15) is 0 Å². The van der Waals surface area contributed by atoms with E-state index in [4.69, 9.17) is 0 Å². The highest BCUT2D eigenvalue weighted by Crippen LogP contribution is 2.49. The van der Waals surface area contributed by atoms with Crippen LogP contribution in [0.3, 0.4) is 0 Å². The minimum absolute atomic E-state index is 0.129. The summed E-state index contributed by atoms with van der Waals surface area (Å²) in [7, 11) is 0. The van der Waals surface area contributed by atoms with Gasteiger partial charge in [-0.1, -0.05) is 12.8 Å². The number of carbonyl (C=O) groups is 2. The molecule has 3 heterocycles. The van der Waals surface area contributed by atoms with Crippen molar-refractivity contribution >= 4 is 11.9 Å². The molecular formula is C21H32F2N4O2. The van der Waals surface area contributed by atoms with Crippen molar-refractivity contribution in [2.24, 2.45) is 5.92 Å². The number of halogens is 2. The zero-order valence-electron chi connectivity index (χ0n) is 17.0. The van der Waals surface area contributed by atoms with Crippen molar-refractivity contribution in [3.05, 3.63) is 0 Å². The summed E-state index contributed by atoms with van der Waals surface area (Å²) in [6.45, 7) is 3.14. The van der Waals surface area contributed by atoms with E-state index in [1.165, 1.54) is 12.8 Å². The van der Waals surface area contributed by atoms with Crippen LogP contribution in [0.2, 0.25) is 0 Å². The number of fused-ring (bicyclic) bond motifs is 1. The lowest BCUT2D eigenvalue weighted by atomic mass is 9.89. The number of amides is 3. The molecule has 1 unspecified atom stereocenters. The molecule has 0 radical (unpaired) electrons. The van der Waals surface area contributed by atoms with Crippen LogP contribution in [0.15, 0.2) is 0 Å². The molecule has 8 heteroatoms. The van der Waals surface area contributed by atoms with Crippen LogP contribution in [-0.4, -0.2) is 82.9 Å². The zero-order chi connectivity index (χ0) is 20.2. The smallest absolute Gasteiger partial charge is 0.318 e. The number of piperidine rings is 2. The van der Waals surface area contributed by atoms with E-state index < -0.39 is 11.8 Å². The van der Waals surface area contributed by atoms with Crippen LogP contribution in [0.4, 0.5) is 13.6 Å². The molecule has 0 spiro atoms. The molecule has 3 saturated heterocycles. The molecule has 0 aromatic carbocycles. The fourth-order valence-electron chi connectivity index (χ4n) is 6.12. The maximum atomic E-state index is 13.2. The summed E-state index contributed by atoms with van der Waals surface area (Å²) in [6.07, 6.45) is 8.13. The van der Waals surface area contributed by atoms with E-state index in [0.717, 1.165) is 51.6 Å². The maximum Gasteiger partial charge on any atom is 0.318 e. The second-order valence-corrected chi connectivity index (χ2v) is 9.66. The van der Waals surface area contributed by atoms with E-state index in [1.807, 2.05) is 0 Å². The lowest BCUT2D eigenvalue weighted by Crippen LogP contribution is -2.54. The molecule has 3 amide bonds. The normalized spacial score (nSPS) is 36.1. The van der Waals surface area contributed by atoms with Gasteiger partial charge in [-0.15, -0.1) is 0 Å². The average molecular weight is 411 g/mol. The Morgan fingerprint density at radius 1 is 0.931 bits per heavy atom. The lowest BCUT2D eigenvalue weighted by molar-refractivity contribution is -0.136. The Morgan fingerprint density at radius 3 is 2.21 bits per heavy atom. The van der Waals surface area contributed by atoms with Crippen LogP contribution in [0.1, 0.15) is 57.8 Å². The van der Waals surface area contributed by atoms with Crippen molar-refractivity contribution < 1.29 is 18.4 Å². The van der Waals surface area contributed by atoms with Gasteiger partial charge in [0.15, 0.2) is 0 Å². The Bertz CT molecular complexity index is 659. The molecule has 0 bridgehead atoms. The molecule has 6 nitrogen and oxygen atoms in total. The molecule has 5 aliphatic rings. The summed E-state index contributed by atoms with van der Waals surface area (Å²) < 4.78 is 26.4. The van der Waals surface area contributed by atoms with Crippen LogP contribution in [0, 0.1) is 5.92 Å². The number of alkyl halides is 2. The third kappa shape index (κ3) is 3.62. The Hall–Kier alpha value is -1.44. The summed E-state index contributed by atoms with van der Waals surface area (Å²) in [6, 6.07) is 1.61. The van der Waals surface area contributed by atoms with E-state index >= 15 is 0 Å². The number of urea groups is 1. The number of nitrogens with one attached hydrogen (secondary N) is 1. The largest absolute Gasteiger partial charge is 0.342 e. The lowest BCUT2D eigenvalue weighted by Gasteiger charge is -2.44. The Kier molecular flexibility index (Phi) is 4.95. The highest BCUT2D eigenvalue weighted by atomic mass is 19.3. The first-order valence-electron chi connectivity index (χ1n) is 11.4. The monoisotopic (exact) mass is 410 g/mol. The second-order valence-electron chi connectivity index (χ2n) is 9.66. The number of nitrogens with zero attached hydrogens (tertiary/aromatic N) is 3. The molecule has 1 N–H and O–H groups in total. The molecule has 3 atom stereocenters. The summed E-state index contributed by atoms with van der Waals surface area (Å²) in [5.74, 6) is -4.19. The predicted molar refractivity (Wildman–Crippen MR) is 104 cm³/mol. The van der Waals surface area contributed by atoms with E-state index in [9.17, 15) is 18.4 Å². The predicted octanol–water partition coefficient (Wildman–Crippen LogP) is 2.43. The Balaban J connectivity index is 1.10. The van der Waals surface area contributed by atoms with Crippen LogP contribution in [-0.2, 0) is 4.79 Å². The fourth-order valence-corrected chi connectivity index (χ4v) is 6.12. The summed E-state index contributed by atoms with van der Waals surface area (Å²) in [5, 5.41) is 3.20. The van der Waals surface area contributed by atoms with Crippen molar-refractivity contribution in [1.82, 2.24) is 20.0 Å². The van der Waals surface area contributed by atoms with Gasteiger partial charge in [0.2, 0.25) is 5.91 Å². The first-order valence-corrected chi connectivity index (χ1v) is 11.4. The standard InChI is InChI=1S/C21H32F2N4O2/c22-21(23)13-16(21)19(28)26-11-5-14(6-12-26)25-9-7-15(8-10-25)27-18-4-2-1-3-17(18)24-20(27)29/h14-18H,1-13H2,(H,24,29)/t16?,17-,18-/m0/s1. The molecule has 0 aromatic rings. The third-order valence-electron chi connectivity index (χ3n) is 7.94. The van der Waals surface area contributed by atoms with Gasteiger partial charge < -0.3 is 20.0 Å². The number of hydrogen-bond donors (Lipinski definition) is 1. The van der Waals surface area contributed by atoms with Crippen molar-refractivity contribution in [2.75, 3.05) is 26.2 Å². The van der Waals surface area contributed by atoms with Gasteiger partial charge in [-0.05, 0) is 38.5 Å². The molecule has 5 rings (SSSR count). The van der Waals surface area contributed by atoms with Gasteiger partial charge in [0.25, 0.3) is 5.92 Å². The van der Waals surface area contributed by atoms with E-state index in [-0.39, 0.29) is 18.4 Å². The van der Waals surface area contributed by atoms with Gasteiger partial charge in [-0.3, -0.25) is 4.79 Å². The summed E-state index contributed by atoms with van der Waals surface area (Å²) in [5.41, 5.74) is 0. The number of likely N-dealkylation sites (tertiary alicyclic amines) is 2. The molecule has 162 valence electrons. The minimum atomic E-state index is -2.77. The fraction of sp³-hybridized carbons (Fsp3) is 0.905. The van der Waals surface area contributed by atoms with Crippen LogP contribution in [0.25, 0.3) is 0 Å². The van der Waals surface area contributed by atoms with Gasteiger partial charge >= 0.3 is 6.03 Å². The first kappa shape index (κ1) is 19.5. The molecule has 3 aliphatic heterocycles. The Labute approximate surface area is 170 Å². The van der Waals surface area contributed by atoms with Gasteiger partial charge in [-0.25, -0.2) is 13.6 Å². The number of rotatable bonds is 3. The van der Waals surface area contributed by atoms with Crippen molar-refractivity contribution in [3.8, 4) is 0 Å². The summed E-state index contributed by atoms with van der Waals surface area (Å²) in [4.78, 5) is 31.0. The Morgan fingerprint density at radius 2 is 1.55 bits per heavy atom. The van der Waals surface area contributed by atoms with Gasteiger partial charge in [0.1, 0.15) is 5.92 Å². The third-order valence-corrected chi connectivity index (χ3v) is 7.94. The van der Waals surface area contributed by atoms with Crippen LogP contribution in [0.5, 0.6) is 0 Å². The molecule has 2 aliphatic carbocycles. The number of carbonyl (C=O) groups excluding carboxylic acids is 2. The van der Waals surface area contributed by atoms with E-state index in [1.54, 1.807) is 4.90 Å². The minimum Gasteiger partial charge on any atom is -0.342 e. The molecular weight excluding hydrogens is 378 g/mol. The highest BCUT2D eigenvalue weighted by Gasteiger charge is 2.62. The molecule has 2 saturated carbocycles. The molecule has 5 fully saturated rings. The average Bonchev–Trinajstić information content (AvgIpc) is 3.23. The van der Waals surface area contributed by atoms with Crippen molar-refractivity contribution in [3.63, 3.8) is 0 Å². The van der Waals surface area contributed by atoms with Crippen LogP contribution < -0.4 is 5.32 Å². The first-order chi connectivity index (χ1) is 13.9. The maximum absolute atomic E-state index is 13.2. The zero-order valence-corrected chi connectivity index (χ0v) is 17.0. The molecule has 0 aromatic heterocycles. The quantitative estimate of drug-likeness (QED) is 0.778. The number of hydrogen-bond acceptors (Lipinski definition) is 3. The van der Waals surface area contributed by atoms with Gasteiger partial charge in [0.05, 0.1) is 12.1 Å². The van der Waals surface area contributed by atoms with Gasteiger partial charge in [0, 0.05) is 44.7 Å². The molecule has 29 heavy (non-hydrogen) atoms. The van der Waals surface area contributed by atoms with E-state index in [2.05, 4.69) is 15.1 Å². The van der Waals surface area contributed by atoms with Crippen molar-refractivity contribution in [2.45, 2.75) is 87.9 Å². The second kappa shape index (κ2) is 7.36.